The summed E-state index contributed by atoms with van der Waals surface area (Å²) in [6, 6.07) is 14.2. The minimum Gasteiger partial charge on any atom is -0.344 e. The molecule has 0 bridgehead atoms. The number of rotatable bonds is 4. The third-order valence-corrected chi connectivity index (χ3v) is 3.68. The molecular formula is C18H15F2N3O. The number of aromatic amines is 1. The Morgan fingerprint density at radius 1 is 1.08 bits per heavy atom. The number of carbonyl (C=O) groups excluding carboxylic acids is 1. The molecule has 3 rings (SSSR count). The predicted molar refractivity (Wildman–Crippen MR) is 86.3 cm³/mol. The van der Waals surface area contributed by atoms with Crippen LogP contribution < -0.4 is 5.32 Å². The Bertz CT molecular complexity index is 862. The Kier molecular flexibility index (Phi) is 4.37. The molecular weight excluding hydrogens is 312 g/mol. The molecule has 2 N–H and O–H groups in total. The van der Waals surface area contributed by atoms with Crippen LogP contribution in [0.3, 0.4) is 0 Å². The zero-order valence-electron chi connectivity index (χ0n) is 12.9. The van der Waals surface area contributed by atoms with E-state index in [2.05, 4.69) is 15.5 Å². The molecule has 1 heterocycles. The number of hydrogen-bond acceptors (Lipinski definition) is 2. The van der Waals surface area contributed by atoms with Crippen LogP contribution in [0.15, 0.2) is 54.6 Å². The van der Waals surface area contributed by atoms with E-state index in [1.807, 2.05) is 30.3 Å². The molecule has 0 spiro atoms. The number of aromatic nitrogens is 2. The van der Waals surface area contributed by atoms with Crippen LogP contribution in [0.4, 0.5) is 8.78 Å². The fourth-order valence-corrected chi connectivity index (χ4v) is 2.33. The van der Waals surface area contributed by atoms with Gasteiger partial charge in [0.1, 0.15) is 5.69 Å². The SMILES string of the molecule is CC(NC(=O)c1cc(-c2ccccc2)n[nH]1)c1ccc(F)c(F)c1. The van der Waals surface area contributed by atoms with Gasteiger partial charge in [-0.15, -0.1) is 0 Å². The number of nitrogens with zero attached hydrogens (tertiary/aromatic N) is 1. The van der Waals surface area contributed by atoms with Crippen molar-refractivity contribution in [2.75, 3.05) is 0 Å². The van der Waals surface area contributed by atoms with Crippen LogP contribution >= 0.6 is 0 Å². The van der Waals surface area contributed by atoms with E-state index >= 15 is 0 Å². The van der Waals surface area contributed by atoms with Crippen molar-refractivity contribution in [2.45, 2.75) is 13.0 Å². The average molecular weight is 327 g/mol. The molecule has 0 aliphatic heterocycles. The Labute approximate surface area is 137 Å². The second-order valence-electron chi connectivity index (χ2n) is 5.40. The highest BCUT2D eigenvalue weighted by molar-refractivity contribution is 5.93. The Morgan fingerprint density at radius 3 is 2.54 bits per heavy atom. The maximum absolute atomic E-state index is 13.3. The minimum absolute atomic E-state index is 0.295. The van der Waals surface area contributed by atoms with E-state index in [4.69, 9.17) is 0 Å². The molecule has 0 aliphatic rings. The summed E-state index contributed by atoms with van der Waals surface area (Å²) < 4.78 is 26.3. The third kappa shape index (κ3) is 3.32. The first-order chi connectivity index (χ1) is 11.5. The largest absolute Gasteiger partial charge is 0.344 e. The van der Waals surface area contributed by atoms with E-state index < -0.39 is 17.7 Å². The molecule has 0 saturated carbocycles. The lowest BCUT2D eigenvalue weighted by atomic mass is 10.1. The van der Waals surface area contributed by atoms with Crippen molar-refractivity contribution < 1.29 is 13.6 Å². The van der Waals surface area contributed by atoms with Crippen molar-refractivity contribution in [3.05, 3.63) is 77.5 Å². The van der Waals surface area contributed by atoms with Crippen molar-refractivity contribution in [1.29, 1.82) is 0 Å². The van der Waals surface area contributed by atoms with Crippen LogP contribution in [0.5, 0.6) is 0 Å². The quantitative estimate of drug-likeness (QED) is 0.765. The van der Waals surface area contributed by atoms with Crippen molar-refractivity contribution >= 4 is 5.91 Å². The van der Waals surface area contributed by atoms with Crippen molar-refractivity contribution in [3.8, 4) is 11.3 Å². The van der Waals surface area contributed by atoms with Crippen LogP contribution in [0, 0.1) is 11.6 Å². The van der Waals surface area contributed by atoms with Gasteiger partial charge in [-0.05, 0) is 30.7 Å². The maximum Gasteiger partial charge on any atom is 0.269 e. The van der Waals surface area contributed by atoms with Gasteiger partial charge in [0.25, 0.3) is 5.91 Å². The minimum atomic E-state index is -0.943. The number of nitrogens with one attached hydrogen (secondary N) is 2. The topological polar surface area (TPSA) is 57.8 Å². The van der Waals surface area contributed by atoms with E-state index in [1.165, 1.54) is 6.07 Å². The smallest absolute Gasteiger partial charge is 0.269 e. The number of amides is 1. The van der Waals surface area contributed by atoms with Gasteiger partial charge in [0.2, 0.25) is 0 Å². The van der Waals surface area contributed by atoms with Crippen LogP contribution in [-0.4, -0.2) is 16.1 Å². The number of halogens is 2. The van der Waals surface area contributed by atoms with Gasteiger partial charge in [-0.2, -0.15) is 5.10 Å². The van der Waals surface area contributed by atoms with E-state index in [1.54, 1.807) is 13.0 Å². The molecule has 1 aromatic heterocycles. The highest BCUT2D eigenvalue weighted by Gasteiger charge is 2.15. The first-order valence-electron chi connectivity index (χ1n) is 7.41. The summed E-state index contributed by atoms with van der Waals surface area (Å²) in [6.07, 6.45) is 0. The van der Waals surface area contributed by atoms with Crippen LogP contribution in [0.25, 0.3) is 11.3 Å². The van der Waals surface area contributed by atoms with Gasteiger partial charge in [0, 0.05) is 5.56 Å². The van der Waals surface area contributed by atoms with Crippen molar-refractivity contribution in [2.24, 2.45) is 0 Å². The number of carbonyl (C=O) groups is 1. The van der Waals surface area contributed by atoms with E-state index in [-0.39, 0.29) is 5.91 Å². The molecule has 122 valence electrons. The summed E-state index contributed by atoms with van der Waals surface area (Å²) in [7, 11) is 0. The van der Waals surface area contributed by atoms with Gasteiger partial charge in [-0.3, -0.25) is 9.89 Å². The average Bonchev–Trinajstić information content (AvgIpc) is 3.08. The standard InChI is InChI=1S/C18H15F2N3O/c1-11(13-7-8-14(19)15(20)9-13)21-18(24)17-10-16(22-23-17)12-5-3-2-4-6-12/h2-11H,1H3,(H,21,24)(H,22,23). The molecule has 1 unspecified atom stereocenters. The predicted octanol–water partition coefficient (Wildman–Crippen LogP) is 3.85. The molecule has 4 nitrogen and oxygen atoms in total. The fourth-order valence-electron chi connectivity index (χ4n) is 2.33. The van der Waals surface area contributed by atoms with E-state index in [9.17, 15) is 13.6 Å². The normalized spacial score (nSPS) is 12.0. The third-order valence-electron chi connectivity index (χ3n) is 3.68. The summed E-state index contributed by atoms with van der Waals surface area (Å²) in [4.78, 5) is 12.3. The Balaban J connectivity index is 1.73. The van der Waals surface area contributed by atoms with Crippen LogP contribution in [-0.2, 0) is 0 Å². The Morgan fingerprint density at radius 2 is 1.83 bits per heavy atom. The fraction of sp³-hybridized carbons (Fsp3) is 0.111. The second kappa shape index (κ2) is 6.62. The van der Waals surface area contributed by atoms with Gasteiger partial charge in [-0.25, -0.2) is 8.78 Å². The molecule has 2 aromatic carbocycles. The first-order valence-corrected chi connectivity index (χ1v) is 7.41. The lowest BCUT2D eigenvalue weighted by Crippen LogP contribution is -2.27. The second-order valence-corrected chi connectivity index (χ2v) is 5.40. The highest BCUT2D eigenvalue weighted by atomic mass is 19.2. The molecule has 1 atom stereocenters. The van der Waals surface area contributed by atoms with Crippen LogP contribution in [0.2, 0.25) is 0 Å². The maximum atomic E-state index is 13.3. The molecule has 0 fully saturated rings. The molecule has 24 heavy (non-hydrogen) atoms. The van der Waals surface area contributed by atoms with Gasteiger partial charge < -0.3 is 5.32 Å². The first kappa shape index (κ1) is 15.9. The van der Waals surface area contributed by atoms with Gasteiger partial charge in [0.15, 0.2) is 11.6 Å². The number of H-pyrrole nitrogens is 1. The van der Waals surface area contributed by atoms with Crippen LogP contribution in [0.1, 0.15) is 29.0 Å². The zero-order valence-corrected chi connectivity index (χ0v) is 12.9. The summed E-state index contributed by atoms with van der Waals surface area (Å²) in [5, 5.41) is 9.53. The summed E-state index contributed by atoms with van der Waals surface area (Å²) >= 11 is 0. The van der Waals surface area contributed by atoms with Crippen molar-refractivity contribution in [3.63, 3.8) is 0 Å². The Hall–Kier alpha value is -3.02. The van der Waals surface area contributed by atoms with E-state index in [0.717, 1.165) is 17.7 Å². The summed E-state index contributed by atoms with van der Waals surface area (Å²) in [5.74, 6) is -2.23. The molecule has 0 radical (unpaired) electrons. The molecule has 3 aromatic rings. The zero-order chi connectivity index (χ0) is 17.1. The highest BCUT2D eigenvalue weighted by Crippen LogP contribution is 2.19. The van der Waals surface area contributed by atoms with Gasteiger partial charge >= 0.3 is 0 Å². The van der Waals surface area contributed by atoms with Gasteiger partial charge in [0.05, 0.1) is 11.7 Å². The number of hydrogen-bond donors (Lipinski definition) is 2. The van der Waals surface area contributed by atoms with Gasteiger partial charge in [-0.1, -0.05) is 36.4 Å². The molecule has 0 aliphatic carbocycles. The monoisotopic (exact) mass is 327 g/mol. The molecule has 6 heteroatoms. The van der Waals surface area contributed by atoms with Crippen molar-refractivity contribution in [1.82, 2.24) is 15.5 Å². The lowest BCUT2D eigenvalue weighted by Gasteiger charge is -2.13. The number of benzene rings is 2. The van der Waals surface area contributed by atoms with E-state index in [0.29, 0.717) is 17.0 Å². The lowest BCUT2D eigenvalue weighted by molar-refractivity contribution is 0.0934. The molecule has 1 amide bonds. The molecule has 0 saturated heterocycles. The summed E-state index contributed by atoms with van der Waals surface area (Å²) in [6.45, 7) is 1.69. The summed E-state index contributed by atoms with van der Waals surface area (Å²) in [5.41, 5.74) is 2.32.